The van der Waals surface area contributed by atoms with E-state index in [0.717, 1.165) is 56.2 Å². The molecule has 1 amide bonds. The number of fused-ring (bicyclic) bond motifs is 1. The number of carbonyl (C=O) groups is 1. The Hall–Kier alpha value is -2.50. The van der Waals surface area contributed by atoms with Crippen molar-refractivity contribution in [2.75, 3.05) is 24.5 Å². The summed E-state index contributed by atoms with van der Waals surface area (Å²) in [7, 11) is 0. The van der Waals surface area contributed by atoms with E-state index in [1.54, 1.807) is 0 Å². The number of hydrogen-bond acceptors (Lipinski definition) is 5. The number of likely N-dealkylation sites (tertiary alicyclic amines) is 1. The summed E-state index contributed by atoms with van der Waals surface area (Å²) in [5.41, 5.74) is 2.04. The first-order chi connectivity index (χ1) is 12.7. The second-order valence-electron chi connectivity index (χ2n) is 7.26. The molecular weight excluding hydrogens is 326 g/mol. The summed E-state index contributed by atoms with van der Waals surface area (Å²) in [6, 6.07) is 8.22. The van der Waals surface area contributed by atoms with Crippen LogP contribution in [0.25, 0.3) is 0 Å². The van der Waals surface area contributed by atoms with Crippen molar-refractivity contribution in [2.45, 2.75) is 38.6 Å². The van der Waals surface area contributed by atoms with Crippen LogP contribution in [0.2, 0.25) is 0 Å². The van der Waals surface area contributed by atoms with Gasteiger partial charge in [-0.25, -0.2) is 9.97 Å². The highest BCUT2D eigenvalue weighted by molar-refractivity contribution is 5.77. The van der Waals surface area contributed by atoms with E-state index < -0.39 is 0 Å². The topological polar surface area (TPSA) is 62.2 Å². The van der Waals surface area contributed by atoms with Crippen molar-refractivity contribution in [3.05, 3.63) is 48.0 Å². The van der Waals surface area contributed by atoms with Gasteiger partial charge in [0, 0.05) is 62.3 Å². The smallest absolute Gasteiger partial charge is 0.225 e. The highest BCUT2D eigenvalue weighted by atomic mass is 16.2. The van der Waals surface area contributed by atoms with Crippen molar-refractivity contribution in [1.82, 2.24) is 19.9 Å². The van der Waals surface area contributed by atoms with Crippen molar-refractivity contribution in [2.24, 2.45) is 5.92 Å². The average Bonchev–Trinajstić information content (AvgIpc) is 2.68. The van der Waals surface area contributed by atoms with Crippen LogP contribution >= 0.6 is 0 Å². The van der Waals surface area contributed by atoms with Gasteiger partial charge in [0.25, 0.3) is 0 Å². The Kier molecular flexibility index (Phi) is 4.82. The second kappa shape index (κ2) is 7.40. The fourth-order valence-electron chi connectivity index (χ4n) is 4.19. The van der Waals surface area contributed by atoms with Gasteiger partial charge in [0.2, 0.25) is 11.9 Å². The zero-order valence-electron chi connectivity index (χ0n) is 15.2. The second-order valence-corrected chi connectivity index (χ2v) is 7.26. The number of amides is 1. The number of rotatable bonds is 4. The maximum atomic E-state index is 12.5. The minimum atomic E-state index is 0.294. The predicted molar refractivity (Wildman–Crippen MR) is 99.8 cm³/mol. The number of aromatic nitrogens is 3. The molecule has 0 aliphatic carbocycles. The minimum Gasteiger partial charge on any atom is -0.340 e. The lowest BCUT2D eigenvalue weighted by molar-refractivity contribution is -0.139. The van der Waals surface area contributed by atoms with Gasteiger partial charge in [-0.05, 0) is 43.9 Å². The largest absolute Gasteiger partial charge is 0.340 e. The molecule has 0 saturated carbocycles. The van der Waals surface area contributed by atoms with Crippen LogP contribution in [0, 0.1) is 12.8 Å². The van der Waals surface area contributed by atoms with Gasteiger partial charge >= 0.3 is 0 Å². The van der Waals surface area contributed by atoms with Crippen molar-refractivity contribution in [1.29, 1.82) is 0 Å². The fraction of sp³-hybridized carbons (Fsp3) is 0.500. The van der Waals surface area contributed by atoms with Gasteiger partial charge < -0.3 is 9.80 Å². The number of piperidine rings is 2. The third-order valence-electron chi connectivity index (χ3n) is 5.54. The molecule has 2 aliphatic heterocycles. The van der Waals surface area contributed by atoms with Gasteiger partial charge in [-0.3, -0.25) is 9.78 Å². The van der Waals surface area contributed by atoms with Gasteiger partial charge in [0.15, 0.2) is 0 Å². The Morgan fingerprint density at radius 3 is 2.88 bits per heavy atom. The van der Waals surface area contributed by atoms with E-state index in [1.165, 1.54) is 0 Å². The summed E-state index contributed by atoms with van der Waals surface area (Å²) in [6.45, 7) is 4.59. The molecule has 2 atom stereocenters. The Morgan fingerprint density at radius 1 is 1.15 bits per heavy atom. The molecule has 2 fully saturated rings. The SMILES string of the molecule is Cc1ccnc(N2CCC3C(CCC(=O)N3CCc3ccccn3)C2)n1. The van der Waals surface area contributed by atoms with Crippen LogP contribution in [0.5, 0.6) is 0 Å². The molecular formula is C20H25N5O. The number of carbonyl (C=O) groups excluding carboxylic acids is 1. The lowest BCUT2D eigenvalue weighted by Crippen LogP contribution is -2.56. The molecule has 4 heterocycles. The normalized spacial score (nSPS) is 23.0. The van der Waals surface area contributed by atoms with Gasteiger partial charge in [0.1, 0.15) is 0 Å². The summed E-state index contributed by atoms with van der Waals surface area (Å²) in [5, 5.41) is 0. The molecule has 2 saturated heterocycles. The molecule has 6 nitrogen and oxygen atoms in total. The van der Waals surface area contributed by atoms with E-state index in [9.17, 15) is 4.79 Å². The number of hydrogen-bond donors (Lipinski definition) is 0. The van der Waals surface area contributed by atoms with Crippen LogP contribution in [0.1, 0.15) is 30.7 Å². The maximum Gasteiger partial charge on any atom is 0.225 e. The molecule has 0 aromatic carbocycles. The molecule has 0 N–H and O–H groups in total. The highest BCUT2D eigenvalue weighted by Gasteiger charge is 2.39. The summed E-state index contributed by atoms with van der Waals surface area (Å²) < 4.78 is 0. The van der Waals surface area contributed by atoms with E-state index >= 15 is 0 Å². The van der Waals surface area contributed by atoms with E-state index in [-0.39, 0.29) is 0 Å². The van der Waals surface area contributed by atoms with Gasteiger partial charge in [-0.1, -0.05) is 6.07 Å². The number of aryl methyl sites for hydroxylation is 1. The van der Waals surface area contributed by atoms with Crippen LogP contribution in [-0.2, 0) is 11.2 Å². The first kappa shape index (κ1) is 16.9. The van der Waals surface area contributed by atoms with Gasteiger partial charge in [-0.15, -0.1) is 0 Å². The van der Waals surface area contributed by atoms with E-state index in [2.05, 4.69) is 24.8 Å². The Bertz CT molecular complexity index is 766. The molecule has 26 heavy (non-hydrogen) atoms. The summed E-state index contributed by atoms with van der Waals surface area (Å²) in [5.74, 6) is 1.61. The third kappa shape index (κ3) is 3.54. The molecule has 2 aromatic heterocycles. The number of anilines is 1. The predicted octanol–water partition coefficient (Wildman–Crippen LogP) is 2.24. The molecule has 0 radical (unpaired) electrons. The van der Waals surface area contributed by atoms with Crippen LogP contribution in [0.15, 0.2) is 36.7 Å². The zero-order valence-corrected chi connectivity index (χ0v) is 15.2. The molecule has 2 unspecified atom stereocenters. The zero-order chi connectivity index (χ0) is 17.9. The standard InChI is InChI=1S/C20H25N5O/c1-15-7-11-22-20(23-15)24-12-9-18-16(14-24)5-6-19(26)25(18)13-8-17-4-2-3-10-21-17/h2-4,7,10-11,16,18H,5-6,8-9,12-14H2,1H3. The monoisotopic (exact) mass is 351 g/mol. The lowest BCUT2D eigenvalue weighted by Gasteiger charge is -2.47. The first-order valence-corrected chi connectivity index (χ1v) is 9.44. The minimum absolute atomic E-state index is 0.294. The number of pyridine rings is 1. The molecule has 0 bridgehead atoms. The number of nitrogens with zero attached hydrogens (tertiary/aromatic N) is 5. The Labute approximate surface area is 154 Å². The van der Waals surface area contributed by atoms with Crippen LogP contribution < -0.4 is 4.90 Å². The molecule has 136 valence electrons. The van der Waals surface area contributed by atoms with Crippen molar-refractivity contribution < 1.29 is 4.79 Å². The molecule has 2 aromatic rings. The lowest BCUT2D eigenvalue weighted by atomic mass is 9.83. The van der Waals surface area contributed by atoms with Gasteiger partial charge in [0.05, 0.1) is 0 Å². The van der Waals surface area contributed by atoms with Crippen molar-refractivity contribution in [3.63, 3.8) is 0 Å². The third-order valence-corrected chi connectivity index (χ3v) is 5.54. The first-order valence-electron chi connectivity index (χ1n) is 9.44. The van der Waals surface area contributed by atoms with Gasteiger partial charge in [-0.2, -0.15) is 0 Å². The average molecular weight is 351 g/mol. The highest BCUT2D eigenvalue weighted by Crippen LogP contribution is 2.32. The van der Waals surface area contributed by atoms with Crippen LogP contribution in [0.4, 0.5) is 5.95 Å². The van der Waals surface area contributed by atoms with E-state index in [4.69, 9.17) is 0 Å². The summed E-state index contributed by atoms with van der Waals surface area (Å²) in [4.78, 5) is 30.3. The molecule has 2 aliphatic rings. The molecule has 6 heteroatoms. The Morgan fingerprint density at radius 2 is 2.08 bits per heavy atom. The molecule has 0 spiro atoms. The molecule has 4 rings (SSSR count). The maximum absolute atomic E-state index is 12.5. The van der Waals surface area contributed by atoms with E-state index in [1.807, 2.05) is 43.6 Å². The van der Waals surface area contributed by atoms with Crippen molar-refractivity contribution in [3.8, 4) is 0 Å². The van der Waals surface area contributed by atoms with Crippen LogP contribution in [-0.4, -0.2) is 51.4 Å². The summed E-state index contributed by atoms with van der Waals surface area (Å²) in [6.07, 6.45) is 7.05. The summed E-state index contributed by atoms with van der Waals surface area (Å²) >= 11 is 0. The van der Waals surface area contributed by atoms with Crippen molar-refractivity contribution >= 4 is 11.9 Å². The van der Waals surface area contributed by atoms with Crippen LogP contribution in [0.3, 0.4) is 0 Å². The fourth-order valence-corrected chi connectivity index (χ4v) is 4.19. The Balaban J connectivity index is 1.43. The van der Waals surface area contributed by atoms with E-state index in [0.29, 0.717) is 24.3 Å². The quantitative estimate of drug-likeness (QED) is 0.845.